The van der Waals surface area contributed by atoms with Crippen molar-refractivity contribution in [3.8, 4) is 5.69 Å². The highest BCUT2D eigenvalue weighted by atomic mass is 35.5. The van der Waals surface area contributed by atoms with Gasteiger partial charge in [0.2, 0.25) is 5.91 Å². The minimum atomic E-state index is -0.0474. The Morgan fingerprint density at radius 1 is 1.04 bits per heavy atom. The summed E-state index contributed by atoms with van der Waals surface area (Å²) < 4.78 is 1.83. The Kier molecular flexibility index (Phi) is 5.74. The molecular formula is C19H17Cl2N3O. The van der Waals surface area contributed by atoms with Gasteiger partial charge in [0.25, 0.3) is 0 Å². The Morgan fingerprint density at radius 2 is 1.84 bits per heavy atom. The summed E-state index contributed by atoms with van der Waals surface area (Å²) in [5.41, 5.74) is 2.92. The van der Waals surface area contributed by atoms with Gasteiger partial charge in [-0.15, -0.1) is 0 Å². The van der Waals surface area contributed by atoms with Gasteiger partial charge in [-0.3, -0.25) is 4.79 Å². The van der Waals surface area contributed by atoms with E-state index in [1.54, 1.807) is 18.2 Å². The Bertz CT molecular complexity index is 862. The van der Waals surface area contributed by atoms with E-state index in [0.717, 1.165) is 23.2 Å². The molecule has 25 heavy (non-hydrogen) atoms. The summed E-state index contributed by atoms with van der Waals surface area (Å²) in [4.78, 5) is 12.0. The van der Waals surface area contributed by atoms with E-state index < -0.39 is 0 Å². The zero-order valence-corrected chi connectivity index (χ0v) is 15.0. The zero-order valence-electron chi connectivity index (χ0n) is 13.5. The van der Waals surface area contributed by atoms with Crippen molar-refractivity contribution in [2.45, 2.75) is 12.8 Å². The van der Waals surface area contributed by atoms with Crippen LogP contribution in [-0.2, 0) is 17.6 Å². The van der Waals surface area contributed by atoms with Crippen LogP contribution in [0.2, 0.25) is 10.0 Å². The Balaban J connectivity index is 1.48. The quantitative estimate of drug-likeness (QED) is 0.707. The van der Waals surface area contributed by atoms with Crippen LogP contribution in [0.1, 0.15) is 11.1 Å². The minimum absolute atomic E-state index is 0.0474. The average molecular weight is 374 g/mol. The minimum Gasteiger partial charge on any atom is -0.355 e. The van der Waals surface area contributed by atoms with Crippen LogP contribution in [0.25, 0.3) is 5.69 Å². The number of aromatic nitrogens is 2. The molecule has 0 aliphatic rings. The third-order valence-electron chi connectivity index (χ3n) is 3.74. The standard InChI is InChI=1S/C19H17Cl2N3O/c20-17-7-6-14(10-18(17)21)11-19(25)22-9-8-15-12-23-24(13-15)16-4-2-1-3-5-16/h1-7,10,12-13H,8-9,11H2,(H,22,25). The molecule has 0 aliphatic carbocycles. The fraction of sp³-hybridized carbons (Fsp3) is 0.158. The first-order valence-electron chi connectivity index (χ1n) is 7.91. The Labute approximate surface area is 156 Å². The molecule has 0 aliphatic heterocycles. The van der Waals surface area contributed by atoms with Gasteiger partial charge in [-0.25, -0.2) is 4.68 Å². The molecule has 6 heteroatoms. The number of halogens is 2. The molecule has 0 saturated carbocycles. The summed E-state index contributed by atoms with van der Waals surface area (Å²) in [6.07, 6.45) is 4.79. The van der Waals surface area contributed by atoms with Crippen LogP contribution in [0.3, 0.4) is 0 Å². The predicted molar refractivity (Wildman–Crippen MR) is 100 cm³/mol. The first-order chi connectivity index (χ1) is 12.1. The number of carbonyl (C=O) groups excluding carboxylic acids is 1. The number of nitrogens with zero attached hydrogens (tertiary/aromatic N) is 2. The molecule has 0 unspecified atom stereocenters. The van der Waals surface area contributed by atoms with Gasteiger partial charge in [0.05, 0.1) is 28.4 Å². The first-order valence-corrected chi connectivity index (χ1v) is 8.67. The molecule has 0 fully saturated rings. The molecule has 1 aromatic heterocycles. The fourth-order valence-electron chi connectivity index (χ4n) is 2.45. The largest absolute Gasteiger partial charge is 0.355 e. The molecule has 0 saturated heterocycles. The summed E-state index contributed by atoms with van der Waals surface area (Å²) in [5.74, 6) is -0.0474. The normalized spacial score (nSPS) is 10.6. The lowest BCUT2D eigenvalue weighted by molar-refractivity contribution is -0.120. The van der Waals surface area contributed by atoms with Crippen molar-refractivity contribution in [3.63, 3.8) is 0 Å². The molecule has 3 aromatic rings. The van der Waals surface area contributed by atoms with E-state index >= 15 is 0 Å². The van der Waals surface area contributed by atoms with Gasteiger partial charge in [-0.2, -0.15) is 5.10 Å². The molecule has 2 aromatic carbocycles. The molecule has 3 rings (SSSR count). The highest BCUT2D eigenvalue weighted by Gasteiger charge is 2.06. The van der Waals surface area contributed by atoms with Gasteiger partial charge < -0.3 is 5.32 Å². The lowest BCUT2D eigenvalue weighted by Gasteiger charge is -2.05. The van der Waals surface area contributed by atoms with Gasteiger partial charge in [-0.1, -0.05) is 47.5 Å². The molecule has 0 bridgehead atoms. The molecule has 0 atom stereocenters. The second kappa shape index (κ2) is 8.19. The molecule has 4 nitrogen and oxygen atoms in total. The summed E-state index contributed by atoms with van der Waals surface area (Å²) in [6.45, 7) is 0.556. The Hall–Kier alpha value is -2.30. The number of hydrogen-bond acceptors (Lipinski definition) is 2. The van der Waals surface area contributed by atoms with Gasteiger partial charge in [-0.05, 0) is 41.8 Å². The fourth-order valence-corrected chi connectivity index (χ4v) is 2.78. The van der Waals surface area contributed by atoms with Gasteiger partial charge >= 0.3 is 0 Å². The number of rotatable bonds is 6. The molecule has 1 N–H and O–H groups in total. The second-order valence-corrected chi connectivity index (χ2v) is 6.47. The van der Waals surface area contributed by atoms with Crippen molar-refractivity contribution in [2.24, 2.45) is 0 Å². The molecule has 1 heterocycles. The number of para-hydroxylation sites is 1. The van der Waals surface area contributed by atoms with Gasteiger partial charge in [0.15, 0.2) is 0 Å². The second-order valence-electron chi connectivity index (χ2n) is 5.65. The zero-order chi connectivity index (χ0) is 17.6. The lowest BCUT2D eigenvalue weighted by Crippen LogP contribution is -2.27. The predicted octanol–water partition coefficient (Wildman–Crippen LogP) is 4.08. The molecule has 1 amide bonds. The maximum Gasteiger partial charge on any atom is 0.224 e. The van der Waals surface area contributed by atoms with E-state index in [1.165, 1.54) is 0 Å². The molecule has 128 valence electrons. The smallest absolute Gasteiger partial charge is 0.224 e. The van der Waals surface area contributed by atoms with E-state index in [2.05, 4.69) is 10.4 Å². The van der Waals surface area contributed by atoms with E-state index in [-0.39, 0.29) is 12.3 Å². The molecule has 0 spiro atoms. The monoisotopic (exact) mass is 373 g/mol. The third-order valence-corrected chi connectivity index (χ3v) is 4.48. The van der Waals surface area contributed by atoms with E-state index in [4.69, 9.17) is 23.2 Å². The van der Waals surface area contributed by atoms with Crippen molar-refractivity contribution < 1.29 is 4.79 Å². The highest BCUT2D eigenvalue weighted by molar-refractivity contribution is 6.42. The van der Waals surface area contributed by atoms with E-state index in [9.17, 15) is 4.79 Å². The van der Waals surface area contributed by atoms with Crippen LogP contribution in [0, 0.1) is 0 Å². The SMILES string of the molecule is O=C(Cc1ccc(Cl)c(Cl)c1)NCCc1cnn(-c2ccccc2)c1. The van der Waals surface area contributed by atoms with Gasteiger partial charge in [0, 0.05) is 12.7 Å². The summed E-state index contributed by atoms with van der Waals surface area (Å²) >= 11 is 11.8. The van der Waals surface area contributed by atoms with Crippen LogP contribution in [-0.4, -0.2) is 22.2 Å². The van der Waals surface area contributed by atoms with E-state index in [0.29, 0.717) is 16.6 Å². The number of carbonyl (C=O) groups is 1. The van der Waals surface area contributed by atoms with Crippen molar-refractivity contribution in [1.82, 2.24) is 15.1 Å². The van der Waals surface area contributed by atoms with Gasteiger partial charge in [0.1, 0.15) is 0 Å². The lowest BCUT2D eigenvalue weighted by atomic mass is 10.1. The topological polar surface area (TPSA) is 46.9 Å². The number of hydrogen-bond donors (Lipinski definition) is 1. The number of nitrogens with one attached hydrogen (secondary N) is 1. The Morgan fingerprint density at radius 3 is 2.60 bits per heavy atom. The number of benzene rings is 2. The summed E-state index contributed by atoms with van der Waals surface area (Å²) in [7, 11) is 0. The number of amides is 1. The third kappa shape index (κ3) is 4.84. The van der Waals surface area contributed by atoms with Crippen LogP contribution >= 0.6 is 23.2 Å². The van der Waals surface area contributed by atoms with Crippen LogP contribution in [0.15, 0.2) is 60.9 Å². The van der Waals surface area contributed by atoms with Crippen LogP contribution in [0.4, 0.5) is 0 Å². The van der Waals surface area contributed by atoms with Crippen molar-refractivity contribution >= 4 is 29.1 Å². The summed E-state index contributed by atoms with van der Waals surface area (Å²) in [5, 5.41) is 8.20. The average Bonchev–Trinajstić information content (AvgIpc) is 3.08. The van der Waals surface area contributed by atoms with E-state index in [1.807, 2.05) is 47.4 Å². The first kappa shape index (κ1) is 17.5. The van der Waals surface area contributed by atoms with Crippen LogP contribution < -0.4 is 5.32 Å². The summed E-state index contributed by atoms with van der Waals surface area (Å²) in [6, 6.07) is 15.1. The maximum absolute atomic E-state index is 12.0. The van der Waals surface area contributed by atoms with Crippen molar-refractivity contribution in [1.29, 1.82) is 0 Å². The van der Waals surface area contributed by atoms with Crippen LogP contribution in [0.5, 0.6) is 0 Å². The molecular weight excluding hydrogens is 357 g/mol. The van der Waals surface area contributed by atoms with Crippen molar-refractivity contribution in [2.75, 3.05) is 6.54 Å². The maximum atomic E-state index is 12.0. The van der Waals surface area contributed by atoms with Crippen molar-refractivity contribution in [3.05, 3.63) is 82.1 Å². The highest BCUT2D eigenvalue weighted by Crippen LogP contribution is 2.22. The molecule has 0 radical (unpaired) electrons.